The minimum atomic E-state index is 0.0161. The van der Waals surface area contributed by atoms with Gasteiger partial charge in [0.05, 0.1) is 11.4 Å². The lowest BCUT2D eigenvalue weighted by atomic mass is 9.53. The average Bonchev–Trinajstić information content (AvgIpc) is 2.46. The molecule has 5 N–H and O–H groups in total. The molecule has 0 unspecified atom stereocenters. The van der Waals surface area contributed by atoms with E-state index in [1.165, 1.54) is 38.5 Å². The molecule has 0 aromatic heterocycles. The van der Waals surface area contributed by atoms with E-state index in [0.29, 0.717) is 11.4 Å². The van der Waals surface area contributed by atoms with E-state index >= 15 is 0 Å². The third kappa shape index (κ3) is 2.82. The first-order valence-electron chi connectivity index (χ1n) is 8.67. The zero-order chi connectivity index (χ0) is 16.0. The van der Waals surface area contributed by atoms with Crippen molar-refractivity contribution in [2.24, 2.45) is 17.8 Å². The highest BCUT2D eigenvalue weighted by Gasteiger charge is 2.51. The van der Waals surface area contributed by atoms with Crippen LogP contribution in [0.3, 0.4) is 0 Å². The Bertz CT molecular complexity index is 629. The van der Waals surface area contributed by atoms with Crippen molar-refractivity contribution in [1.29, 1.82) is 0 Å². The van der Waals surface area contributed by atoms with Crippen LogP contribution in [0.2, 0.25) is 0 Å². The molecule has 0 spiro atoms. The van der Waals surface area contributed by atoms with Crippen LogP contribution in [-0.2, 0) is 4.79 Å². The van der Waals surface area contributed by atoms with E-state index in [-0.39, 0.29) is 11.4 Å². The molecule has 4 saturated carbocycles. The highest BCUT2D eigenvalue weighted by atomic mass is 16.1. The topological polar surface area (TPSA) is 81.1 Å². The number of hydrogen-bond acceptors (Lipinski definition) is 3. The quantitative estimate of drug-likeness (QED) is 0.593. The molecule has 122 valence electrons. The van der Waals surface area contributed by atoms with Gasteiger partial charge in [-0.1, -0.05) is 6.07 Å². The summed E-state index contributed by atoms with van der Waals surface area (Å²) < 4.78 is 0. The number of anilines is 2. The Hall–Kier alpha value is -1.97. The van der Waals surface area contributed by atoms with Crippen LogP contribution >= 0.6 is 0 Å². The van der Waals surface area contributed by atoms with Gasteiger partial charge in [0.1, 0.15) is 0 Å². The molecule has 0 heterocycles. The molecule has 4 bridgehead atoms. The zero-order valence-electron chi connectivity index (χ0n) is 13.4. The van der Waals surface area contributed by atoms with Gasteiger partial charge in [0, 0.05) is 11.6 Å². The third-order valence-corrected chi connectivity index (χ3v) is 5.96. The number of rotatable bonds is 3. The van der Waals surface area contributed by atoms with Gasteiger partial charge >= 0.3 is 0 Å². The predicted molar refractivity (Wildman–Crippen MR) is 93.3 cm³/mol. The Morgan fingerprint density at radius 1 is 1.04 bits per heavy atom. The number of carbonyl (C=O) groups excluding carboxylic acids is 1. The van der Waals surface area contributed by atoms with Crippen LogP contribution in [0.15, 0.2) is 24.3 Å². The van der Waals surface area contributed by atoms with Gasteiger partial charge in [0.15, 0.2) is 0 Å². The van der Waals surface area contributed by atoms with Crippen LogP contribution in [-0.4, -0.2) is 11.4 Å². The van der Waals surface area contributed by atoms with Crippen LogP contribution in [0.1, 0.15) is 44.1 Å². The van der Waals surface area contributed by atoms with E-state index in [9.17, 15) is 4.79 Å². The van der Waals surface area contributed by atoms with Gasteiger partial charge in [-0.05, 0) is 80.1 Å². The summed E-state index contributed by atoms with van der Waals surface area (Å²) in [6, 6.07) is 5.44. The molecule has 4 fully saturated rings. The standard InChI is InChI=1S/C19H25N3O/c20-16-3-1-12(8-17(16)21)2-4-18(23)22-19-9-13-5-14(10-19)7-15(6-13)11-19/h1-4,8,13-15H,5-7,9-11,20-21H2,(H,22,23). The summed E-state index contributed by atoms with van der Waals surface area (Å²) in [5.41, 5.74) is 13.6. The summed E-state index contributed by atoms with van der Waals surface area (Å²) in [6.07, 6.45) is 11.1. The van der Waals surface area contributed by atoms with Crippen LogP contribution in [0.4, 0.5) is 11.4 Å². The summed E-state index contributed by atoms with van der Waals surface area (Å²) in [5.74, 6) is 2.52. The lowest BCUT2D eigenvalue weighted by Gasteiger charge is -2.56. The number of carbonyl (C=O) groups is 1. The fourth-order valence-electron chi connectivity index (χ4n) is 5.44. The van der Waals surface area contributed by atoms with E-state index in [0.717, 1.165) is 23.3 Å². The lowest BCUT2D eigenvalue weighted by Crippen LogP contribution is -2.59. The highest BCUT2D eigenvalue weighted by Crippen LogP contribution is 2.55. The fraction of sp³-hybridized carbons (Fsp3) is 0.526. The molecule has 4 nitrogen and oxygen atoms in total. The number of benzene rings is 1. The van der Waals surface area contributed by atoms with Crippen molar-refractivity contribution in [3.8, 4) is 0 Å². The summed E-state index contributed by atoms with van der Waals surface area (Å²) >= 11 is 0. The lowest BCUT2D eigenvalue weighted by molar-refractivity contribution is -0.122. The Labute approximate surface area is 137 Å². The van der Waals surface area contributed by atoms with Crippen LogP contribution in [0.25, 0.3) is 6.08 Å². The van der Waals surface area contributed by atoms with Gasteiger partial charge in [0.2, 0.25) is 5.91 Å². The molecule has 1 aromatic rings. The first-order chi connectivity index (χ1) is 11.0. The maximum absolute atomic E-state index is 12.4. The summed E-state index contributed by atoms with van der Waals surface area (Å²) in [6.45, 7) is 0. The van der Waals surface area contributed by atoms with Crippen LogP contribution < -0.4 is 16.8 Å². The van der Waals surface area contributed by atoms with Crippen molar-refractivity contribution in [3.05, 3.63) is 29.8 Å². The van der Waals surface area contributed by atoms with Crippen molar-refractivity contribution in [1.82, 2.24) is 5.32 Å². The van der Waals surface area contributed by atoms with Crippen molar-refractivity contribution in [2.75, 3.05) is 11.5 Å². The molecule has 1 amide bonds. The molecule has 4 aliphatic rings. The normalized spacial score (nSPS) is 34.9. The first kappa shape index (κ1) is 14.6. The van der Waals surface area contributed by atoms with Gasteiger partial charge in [0.25, 0.3) is 0 Å². The largest absolute Gasteiger partial charge is 0.397 e. The molecular formula is C19H25N3O. The summed E-state index contributed by atoms with van der Waals surface area (Å²) in [7, 11) is 0. The maximum atomic E-state index is 12.4. The van der Waals surface area contributed by atoms with Gasteiger partial charge in [-0.25, -0.2) is 0 Å². The highest BCUT2D eigenvalue weighted by molar-refractivity contribution is 5.92. The van der Waals surface area contributed by atoms with Crippen LogP contribution in [0.5, 0.6) is 0 Å². The first-order valence-corrected chi connectivity index (χ1v) is 8.67. The second kappa shape index (κ2) is 5.29. The SMILES string of the molecule is Nc1ccc(C=CC(=O)NC23CC4CC(CC(C4)C2)C3)cc1N. The van der Waals surface area contributed by atoms with Gasteiger partial charge in [-0.15, -0.1) is 0 Å². The Kier molecular flexibility index (Phi) is 3.36. The second-order valence-electron chi connectivity index (χ2n) is 7.91. The molecule has 0 radical (unpaired) electrons. The molecule has 23 heavy (non-hydrogen) atoms. The van der Waals surface area contributed by atoms with Gasteiger partial charge in [-0.2, -0.15) is 0 Å². The molecule has 0 saturated heterocycles. The van der Waals surface area contributed by atoms with Gasteiger partial charge < -0.3 is 16.8 Å². The van der Waals surface area contributed by atoms with Gasteiger partial charge in [-0.3, -0.25) is 4.79 Å². The summed E-state index contributed by atoms with van der Waals surface area (Å²) in [5, 5.41) is 3.34. The van der Waals surface area contributed by atoms with E-state index in [4.69, 9.17) is 11.5 Å². The smallest absolute Gasteiger partial charge is 0.244 e. The monoisotopic (exact) mass is 311 g/mol. The molecular weight excluding hydrogens is 286 g/mol. The minimum Gasteiger partial charge on any atom is -0.397 e. The van der Waals surface area contributed by atoms with Crippen molar-refractivity contribution >= 4 is 23.4 Å². The van der Waals surface area contributed by atoms with Crippen LogP contribution in [0, 0.1) is 17.8 Å². The Morgan fingerprint density at radius 2 is 1.65 bits per heavy atom. The van der Waals surface area contributed by atoms with Crippen molar-refractivity contribution in [3.63, 3.8) is 0 Å². The minimum absolute atomic E-state index is 0.0161. The number of hydrogen-bond donors (Lipinski definition) is 3. The summed E-state index contributed by atoms with van der Waals surface area (Å²) in [4.78, 5) is 12.4. The fourth-order valence-corrected chi connectivity index (χ4v) is 5.44. The third-order valence-electron chi connectivity index (χ3n) is 5.96. The van der Waals surface area contributed by atoms with E-state index in [1.54, 1.807) is 18.2 Å². The molecule has 4 heteroatoms. The Balaban J connectivity index is 1.44. The van der Waals surface area contributed by atoms with Crippen molar-refractivity contribution < 1.29 is 4.79 Å². The molecule has 4 aliphatic carbocycles. The van der Waals surface area contributed by atoms with Crippen molar-refractivity contribution in [2.45, 2.75) is 44.1 Å². The van der Waals surface area contributed by atoms with E-state index < -0.39 is 0 Å². The maximum Gasteiger partial charge on any atom is 0.244 e. The zero-order valence-corrected chi connectivity index (χ0v) is 13.4. The molecule has 5 rings (SSSR count). The Morgan fingerprint density at radius 3 is 2.22 bits per heavy atom. The molecule has 0 atom stereocenters. The average molecular weight is 311 g/mol. The van der Waals surface area contributed by atoms with E-state index in [2.05, 4.69) is 5.32 Å². The number of nitrogen functional groups attached to an aromatic ring is 2. The number of amides is 1. The molecule has 0 aliphatic heterocycles. The number of nitrogens with one attached hydrogen (secondary N) is 1. The molecule has 1 aromatic carbocycles. The predicted octanol–water partition coefficient (Wildman–Crippen LogP) is 2.95. The van der Waals surface area contributed by atoms with E-state index in [1.807, 2.05) is 12.1 Å². The number of nitrogens with two attached hydrogens (primary N) is 2. The second-order valence-corrected chi connectivity index (χ2v) is 7.91.